The molecule has 0 aliphatic rings. The minimum absolute atomic E-state index is 0.0544. The van der Waals surface area contributed by atoms with Crippen LogP contribution in [0.3, 0.4) is 0 Å². The second-order valence-electron chi connectivity index (χ2n) is 6.93. The molecule has 150 valence electrons. The Morgan fingerprint density at radius 1 is 1.00 bits per heavy atom. The number of carbonyl (C=O) groups is 2. The van der Waals surface area contributed by atoms with E-state index >= 15 is 0 Å². The maximum Gasteiger partial charge on any atom is 0.242 e. The highest BCUT2D eigenvalue weighted by atomic mass is 35.5. The third-order valence-corrected chi connectivity index (χ3v) is 5.44. The van der Waals surface area contributed by atoms with E-state index in [1.165, 1.54) is 0 Å². The predicted octanol–water partition coefficient (Wildman–Crippen LogP) is 4.87. The molecule has 2 rings (SSSR count). The molecule has 2 amide bonds. The molecule has 2 aromatic carbocycles. The van der Waals surface area contributed by atoms with Crippen LogP contribution in [0.1, 0.15) is 38.3 Å². The molecule has 0 unspecified atom stereocenters. The van der Waals surface area contributed by atoms with Gasteiger partial charge in [-0.05, 0) is 43.5 Å². The number of halogens is 2. The zero-order chi connectivity index (χ0) is 20.7. The van der Waals surface area contributed by atoms with Crippen LogP contribution in [-0.4, -0.2) is 28.8 Å². The molecular formula is C22H26Cl2N2O2. The van der Waals surface area contributed by atoms with Gasteiger partial charge in [0.25, 0.3) is 0 Å². The number of nitrogens with zero attached hydrogens (tertiary/aromatic N) is 1. The van der Waals surface area contributed by atoms with Gasteiger partial charge in [0.2, 0.25) is 11.8 Å². The largest absolute Gasteiger partial charge is 0.352 e. The fourth-order valence-electron chi connectivity index (χ4n) is 2.75. The molecule has 0 aliphatic heterocycles. The quantitative estimate of drug-likeness (QED) is 0.661. The number of amides is 2. The van der Waals surface area contributed by atoms with E-state index in [0.717, 1.165) is 17.5 Å². The van der Waals surface area contributed by atoms with Crippen molar-refractivity contribution in [3.63, 3.8) is 0 Å². The van der Waals surface area contributed by atoms with Gasteiger partial charge in [0.15, 0.2) is 0 Å². The molecule has 0 fully saturated rings. The van der Waals surface area contributed by atoms with Crippen LogP contribution in [0.4, 0.5) is 0 Å². The molecule has 0 spiro atoms. The Kier molecular flexibility index (Phi) is 8.34. The molecule has 1 N–H and O–H groups in total. The highest BCUT2D eigenvalue weighted by molar-refractivity contribution is 6.42. The third-order valence-electron chi connectivity index (χ3n) is 4.70. The molecule has 2 atom stereocenters. The first-order valence-electron chi connectivity index (χ1n) is 9.39. The zero-order valence-electron chi connectivity index (χ0n) is 16.4. The van der Waals surface area contributed by atoms with Crippen molar-refractivity contribution in [1.29, 1.82) is 0 Å². The van der Waals surface area contributed by atoms with E-state index < -0.39 is 6.04 Å². The maximum absolute atomic E-state index is 13.1. The number of benzene rings is 2. The molecule has 0 radical (unpaired) electrons. The Morgan fingerprint density at radius 3 is 2.29 bits per heavy atom. The number of hydrogen-bond acceptors (Lipinski definition) is 2. The third kappa shape index (κ3) is 6.25. The second kappa shape index (κ2) is 10.5. The van der Waals surface area contributed by atoms with E-state index in [-0.39, 0.29) is 24.3 Å². The van der Waals surface area contributed by atoms with Crippen LogP contribution in [0, 0.1) is 0 Å². The molecule has 0 saturated heterocycles. The van der Waals surface area contributed by atoms with Gasteiger partial charge in [-0.1, -0.05) is 66.5 Å². The first kappa shape index (κ1) is 22.3. The Hall–Kier alpha value is -2.04. The monoisotopic (exact) mass is 420 g/mol. The van der Waals surface area contributed by atoms with Crippen molar-refractivity contribution in [2.24, 2.45) is 0 Å². The molecule has 28 heavy (non-hydrogen) atoms. The molecule has 0 saturated carbocycles. The van der Waals surface area contributed by atoms with Gasteiger partial charge >= 0.3 is 0 Å². The highest BCUT2D eigenvalue weighted by Crippen LogP contribution is 2.23. The number of nitrogens with one attached hydrogen (secondary N) is 1. The fraction of sp³-hybridized carbons (Fsp3) is 0.364. The van der Waals surface area contributed by atoms with Crippen LogP contribution >= 0.6 is 23.2 Å². The standard InChI is InChI=1S/C22H26Cl2N2O2/c1-4-15(2)25-22(28)16(3)26(14-17-8-6-5-7-9-17)21(27)13-18-10-11-19(23)20(24)12-18/h5-12,15-16H,4,13-14H2,1-3H3,(H,25,28)/t15-,16-/m1/s1. The van der Waals surface area contributed by atoms with Gasteiger partial charge in [0, 0.05) is 12.6 Å². The first-order valence-corrected chi connectivity index (χ1v) is 10.1. The normalized spacial score (nSPS) is 12.9. The summed E-state index contributed by atoms with van der Waals surface area (Å²) in [6, 6.07) is 14.2. The maximum atomic E-state index is 13.1. The summed E-state index contributed by atoms with van der Waals surface area (Å²) in [6.07, 6.45) is 0.971. The van der Waals surface area contributed by atoms with Crippen molar-refractivity contribution < 1.29 is 9.59 Å². The van der Waals surface area contributed by atoms with Crippen LogP contribution in [0.25, 0.3) is 0 Å². The van der Waals surface area contributed by atoms with Crippen LogP contribution in [0.2, 0.25) is 10.0 Å². The molecule has 0 bridgehead atoms. The molecule has 4 nitrogen and oxygen atoms in total. The Balaban J connectivity index is 2.21. The summed E-state index contributed by atoms with van der Waals surface area (Å²) in [5.74, 6) is -0.304. The smallest absolute Gasteiger partial charge is 0.242 e. The van der Waals surface area contributed by atoms with E-state index in [9.17, 15) is 9.59 Å². The van der Waals surface area contributed by atoms with Crippen molar-refractivity contribution in [2.75, 3.05) is 0 Å². The summed E-state index contributed by atoms with van der Waals surface area (Å²) >= 11 is 12.0. The van der Waals surface area contributed by atoms with Crippen LogP contribution < -0.4 is 5.32 Å². The molecular weight excluding hydrogens is 395 g/mol. The van der Waals surface area contributed by atoms with Crippen molar-refractivity contribution >= 4 is 35.0 Å². The number of carbonyl (C=O) groups excluding carboxylic acids is 2. The predicted molar refractivity (Wildman–Crippen MR) is 115 cm³/mol. The van der Waals surface area contributed by atoms with E-state index in [1.54, 1.807) is 30.0 Å². The summed E-state index contributed by atoms with van der Waals surface area (Å²) in [5, 5.41) is 3.81. The average Bonchev–Trinajstić information content (AvgIpc) is 2.69. The number of hydrogen-bond donors (Lipinski definition) is 1. The van der Waals surface area contributed by atoms with Gasteiger partial charge in [-0.25, -0.2) is 0 Å². The molecule has 6 heteroatoms. The highest BCUT2D eigenvalue weighted by Gasteiger charge is 2.26. The number of rotatable bonds is 8. The Labute approximate surface area is 176 Å². The lowest BCUT2D eigenvalue weighted by atomic mass is 10.1. The Morgan fingerprint density at radius 2 is 1.68 bits per heavy atom. The van der Waals surface area contributed by atoms with Gasteiger partial charge in [-0.15, -0.1) is 0 Å². The van der Waals surface area contributed by atoms with Crippen molar-refractivity contribution in [3.8, 4) is 0 Å². The summed E-state index contributed by atoms with van der Waals surface area (Å²) in [4.78, 5) is 27.3. The van der Waals surface area contributed by atoms with Crippen molar-refractivity contribution in [3.05, 3.63) is 69.7 Å². The first-order chi connectivity index (χ1) is 13.3. The van der Waals surface area contributed by atoms with Crippen LogP contribution in [-0.2, 0) is 22.6 Å². The van der Waals surface area contributed by atoms with Crippen LogP contribution in [0.5, 0.6) is 0 Å². The minimum atomic E-state index is -0.593. The van der Waals surface area contributed by atoms with E-state index in [2.05, 4.69) is 5.32 Å². The lowest BCUT2D eigenvalue weighted by Gasteiger charge is -2.30. The molecule has 2 aromatic rings. The molecule has 0 heterocycles. The fourth-order valence-corrected chi connectivity index (χ4v) is 3.07. The summed E-state index contributed by atoms with van der Waals surface area (Å²) in [5.41, 5.74) is 1.72. The summed E-state index contributed by atoms with van der Waals surface area (Å²) in [6.45, 7) is 6.07. The SMILES string of the molecule is CC[C@@H](C)NC(=O)[C@@H](C)N(Cc1ccccc1)C(=O)Cc1ccc(Cl)c(Cl)c1. The molecule has 0 aromatic heterocycles. The van der Waals surface area contributed by atoms with E-state index in [0.29, 0.717) is 16.6 Å². The van der Waals surface area contributed by atoms with Gasteiger partial charge in [0.1, 0.15) is 6.04 Å². The zero-order valence-corrected chi connectivity index (χ0v) is 17.9. The van der Waals surface area contributed by atoms with Gasteiger partial charge in [-0.3, -0.25) is 9.59 Å². The van der Waals surface area contributed by atoms with E-state index in [4.69, 9.17) is 23.2 Å². The molecule has 0 aliphatic carbocycles. The van der Waals surface area contributed by atoms with E-state index in [1.807, 2.05) is 44.2 Å². The topological polar surface area (TPSA) is 49.4 Å². The van der Waals surface area contributed by atoms with Gasteiger partial charge in [-0.2, -0.15) is 0 Å². The lowest BCUT2D eigenvalue weighted by molar-refractivity contribution is -0.140. The van der Waals surface area contributed by atoms with Gasteiger partial charge < -0.3 is 10.2 Å². The van der Waals surface area contributed by atoms with Crippen molar-refractivity contribution in [2.45, 2.75) is 52.2 Å². The summed E-state index contributed by atoms with van der Waals surface area (Å²) in [7, 11) is 0. The average molecular weight is 421 g/mol. The lowest BCUT2D eigenvalue weighted by Crippen LogP contribution is -2.49. The summed E-state index contributed by atoms with van der Waals surface area (Å²) < 4.78 is 0. The Bertz CT molecular complexity index is 811. The second-order valence-corrected chi connectivity index (χ2v) is 7.74. The van der Waals surface area contributed by atoms with Gasteiger partial charge in [0.05, 0.1) is 16.5 Å². The van der Waals surface area contributed by atoms with Crippen LogP contribution in [0.15, 0.2) is 48.5 Å². The van der Waals surface area contributed by atoms with Crippen molar-refractivity contribution in [1.82, 2.24) is 10.2 Å². The minimum Gasteiger partial charge on any atom is -0.352 e.